The standard InChI is InChI=1S/C11H14BrFN2O.ClH/c1-11(2,14)6-15-10(16)9-7(12)4-3-5-8(9)13;/h3-5H,6,14H2,1-2H3,(H,15,16);1H. The van der Waals surface area contributed by atoms with E-state index in [0.29, 0.717) is 4.47 Å². The van der Waals surface area contributed by atoms with E-state index in [1.54, 1.807) is 19.9 Å². The fourth-order valence-electron chi connectivity index (χ4n) is 1.11. The Balaban J connectivity index is 0.00000256. The van der Waals surface area contributed by atoms with E-state index in [9.17, 15) is 9.18 Å². The maximum atomic E-state index is 13.4. The van der Waals surface area contributed by atoms with Crippen LogP contribution in [-0.4, -0.2) is 18.0 Å². The molecule has 1 amide bonds. The summed E-state index contributed by atoms with van der Waals surface area (Å²) in [6.07, 6.45) is 0. The molecule has 0 aliphatic carbocycles. The molecule has 6 heteroatoms. The molecular weight excluding hydrogens is 310 g/mol. The fraction of sp³-hybridized carbons (Fsp3) is 0.364. The molecule has 3 nitrogen and oxygen atoms in total. The summed E-state index contributed by atoms with van der Waals surface area (Å²) in [5, 5.41) is 2.59. The fourth-order valence-corrected chi connectivity index (χ4v) is 1.63. The highest BCUT2D eigenvalue weighted by molar-refractivity contribution is 9.10. The largest absolute Gasteiger partial charge is 0.350 e. The third-order valence-electron chi connectivity index (χ3n) is 1.89. The predicted molar refractivity (Wildman–Crippen MR) is 71.9 cm³/mol. The molecule has 0 fully saturated rings. The lowest BCUT2D eigenvalue weighted by atomic mass is 10.1. The molecule has 0 unspecified atom stereocenters. The highest BCUT2D eigenvalue weighted by atomic mass is 79.9. The monoisotopic (exact) mass is 324 g/mol. The molecule has 1 aromatic rings. The molecule has 0 saturated heterocycles. The van der Waals surface area contributed by atoms with Crippen molar-refractivity contribution in [2.24, 2.45) is 5.73 Å². The van der Waals surface area contributed by atoms with Crippen molar-refractivity contribution in [1.82, 2.24) is 5.32 Å². The highest BCUT2D eigenvalue weighted by Gasteiger charge is 2.18. The quantitative estimate of drug-likeness (QED) is 0.897. The maximum Gasteiger partial charge on any atom is 0.255 e. The van der Waals surface area contributed by atoms with Gasteiger partial charge in [0.25, 0.3) is 5.91 Å². The number of nitrogens with two attached hydrogens (primary N) is 1. The Morgan fingerprint density at radius 2 is 2.12 bits per heavy atom. The lowest BCUT2D eigenvalue weighted by Gasteiger charge is -2.19. The van der Waals surface area contributed by atoms with Gasteiger partial charge < -0.3 is 11.1 Å². The molecule has 0 spiro atoms. The summed E-state index contributed by atoms with van der Waals surface area (Å²) in [7, 11) is 0. The van der Waals surface area contributed by atoms with Gasteiger partial charge in [0.2, 0.25) is 0 Å². The zero-order valence-corrected chi connectivity index (χ0v) is 12.0. The summed E-state index contributed by atoms with van der Waals surface area (Å²) in [6, 6.07) is 4.39. The van der Waals surface area contributed by atoms with E-state index in [2.05, 4.69) is 21.2 Å². The minimum atomic E-state index is -0.554. The first-order chi connectivity index (χ1) is 7.31. The van der Waals surface area contributed by atoms with E-state index >= 15 is 0 Å². The van der Waals surface area contributed by atoms with Crippen molar-refractivity contribution in [3.8, 4) is 0 Å². The van der Waals surface area contributed by atoms with E-state index in [0.717, 1.165) is 0 Å². The van der Waals surface area contributed by atoms with Gasteiger partial charge in [0.1, 0.15) is 5.82 Å². The smallest absolute Gasteiger partial charge is 0.255 e. The van der Waals surface area contributed by atoms with Crippen LogP contribution in [0.1, 0.15) is 24.2 Å². The van der Waals surface area contributed by atoms with Crippen LogP contribution < -0.4 is 11.1 Å². The lowest BCUT2D eigenvalue weighted by Crippen LogP contribution is -2.45. The third kappa shape index (κ3) is 5.02. The van der Waals surface area contributed by atoms with Gasteiger partial charge in [-0.1, -0.05) is 6.07 Å². The van der Waals surface area contributed by atoms with Crippen LogP contribution in [-0.2, 0) is 0 Å². The number of rotatable bonds is 3. The Labute approximate surface area is 114 Å². The number of amides is 1. The molecule has 0 saturated carbocycles. The van der Waals surface area contributed by atoms with Crippen LogP contribution in [0.25, 0.3) is 0 Å². The van der Waals surface area contributed by atoms with Crippen LogP contribution in [0.3, 0.4) is 0 Å². The Kier molecular flexibility index (Phi) is 6.09. The van der Waals surface area contributed by atoms with Crippen molar-refractivity contribution in [1.29, 1.82) is 0 Å². The molecule has 0 bridgehead atoms. The SMILES string of the molecule is CC(C)(N)CNC(=O)c1c(F)cccc1Br.Cl. The summed E-state index contributed by atoms with van der Waals surface area (Å²) < 4.78 is 13.8. The topological polar surface area (TPSA) is 55.1 Å². The average molecular weight is 326 g/mol. The maximum absolute atomic E-state index is 13.4. The lowest BCUT2D eigenvalue weighted by molar-refractivity contribution is 0.0941. The molecule has 17 heavy (non-hydrogen) atoms. The zero-order valence-electron chi connectivity index (χ0n) is 9.59. The van der Waals surface area contributed by atoms with Gasteiger partial charge in [-0.2, -0.15) is 0 Å². The van der Waals surface area contributed by atoms with Gasteiger partial charge in [-0.3, -0.25) is 4.79 Å². The summed E-state index contributed by atoms with van der Waals surface area (Å²) >= 11 is 3.14. The molecule has 0 radical (unpaired) electrons. The second-order valence-electron chi connectivity index (χ2n) is 4.27. The minimum absolute atomic E-state index is 0. The number of halogens is 3. The first-order valence-corrected chi connectivity index (χ1v) is 5.61. The number of carbonyl (C=O) groups excluding carboxylic acids is 1. The van der Waals surface area contributed by atoms with E-state index in [1.165, 1.54) is 12.1 Å². The number of carbonyl (C=O) groups is 1. The number of hydrogen-bond donors (Lipinski definition) is 2. The molecule has 0 atom stereocenters. The van der Waals surface area contributed by atoms with Gasteiger partial charge >= 0.3 is 0 Å². The summed E-state index contributed by atoms with van der Waals surface area (Å²) in [4.78, 5) is 11.7. The van der Waals surface area contributed by atoms with E-state index in [4.69, 9.17) is 5.73 Å². The third-order valence-corrected chi connectivity index (χ3v) is 2.56. The molecule has 96 valence electrons. The van der Waals surface area contributed by atoms with Crippen LogP contribution in [0, 0.1) is 5.82 Å². The molecule has 0 aliphatic heterocycles. The van der Waals surface area contributed by atoms with Crippen LogP contribution in [0.2, 0.25) is 0 Å². The number of hydrogen-bond acceptors (Lipinski definition) is 2. The van der Waals surface area contributed by atoms with Gasteiger partial charge in [0, 0.05) is 16.6 Å². The average Bonchev–Trinajstić information content (AvgIpc) is 2.13. The van der Waals surface area contributed by atoms with Crippen molar-refractivity contribution in [2.45, 2.75) is 19.4 Å². The van der Waals surface area contributed by atoms with E-state index in [1.807, 2.05) is 0 Å². The number of benzene rings is 1. The highest BCUT2D eigenvalue weighted by Crippen LogP contribution is 2.19. The first kappa shape index (κ1) is 16.4. The first-order valence-electron chi connectivity index (χ1n) is 4.82. The summed E-state index contributed by atoms with van der Waals surface area (Å²) in [6.45, 7) is 3.85. The van der Waals surface area contributed by atoms with Crippen molar-refractivity contribution in [3.63, 3.8) is 0 Å². The van der Waals surface area contributed by atoms with Gasteiger partial charge in [0.15, 0.2) is 0 Å². The van der Waals surface area contributed by atoms with Gasteiger partial charge in [-0.25, -0.2) is 4.39 Å². The molecule has 0 aromatic heterocycles. The second-order valence-corrected chi connectivity index (χ2v) is 5.12. The van der Waals surface area contributed by atoms with Crippen molar-refractivity contribution in [2.75, 3.05) is 6.54 Å². The normalized spacial score (nSPS) is 10.6. The van der Waals surface area contributed by atoms with Crippen LogP contribution >= 0.6 is 28.3 Å². The molecule has 0 heterocycles. The van der Waals surface area contributed by atoms with Gasteiger partial charge in [-0.15, -0.1) is 12.4 Å². The zero-order chi connectivity index (χ0) is 12.3. The Morgan fingerprint density at radius 1 is 1.53 bits per heavy atom. The minimum Gasteiger partial charge on any atom is -0.350 e. The number of nitrogens with one attached hydrogen (secondary N) is 1. The van der Waals surface area contributed by atoms with Crippen LogP contribution in [0.5, 0.6) is 0 Å². The van der Waals surface area contributed by atoms with Gasteiger partial charge in [0.05, 0.1) is 5.56 Å². The van der Waals surface area contributed by atoms with Crippen molar-refractivity contribution in [3.05, 3.63) is 34.1 Å². The Bertz CT molecular complexity index is 387. The Hall–Kier alpha value is -0.650. The van der Waals surface area contributed by atoms with Crippen molar-refractivity contribution < 1.29 is 9.18 Å². The van der Waals surface area contributed by atoms with E-state index < -0.39 is 17.3 Å². The predicted octanol–water partition coefficient (Wildman–Crippen LogP) is 2.48. The molecular formula is C11H15BrClFN2O. The van der Waals surface area contributed by atoms with Crippen molar-refractivity contribution >= 4 is 34.2 Å². The Morgan fingerprint density at radius 3 is 2.59 bits per heavy atom. The summed E-state index contributed by atoms with van der Waals surface area (Å²) in [5.74, 6) is -1.02. The van der Waals surface area contributed by atoms with E-state index in [-0.39, 0.29) is 24.5 Å². The van der Waals surface area contributed by atoms with Crippen LogP contribution in [0.4, 0.5) is 4.39 Å². The molecule has 1 aromatic carbocycles. The van der Waals surface area contributed by atoms with Crippen LogP contribution in [0.15, 0.2) is 22.7 Å². The molecule has 3 N–H and O–H groups in total. The summed E-state index contributed by atoms with van der Waals surface area (Å²) in [5.41, 5.74) is 5.20. The molecule has 0 aliphatic rings. The second kappa shape index (κ2) is 6.33. The molecule has 1 rings (SSSR count). The van der Waals surface area contributed by atoms with Gasteiger partial charge in [-0.05, 0) is 41.9 Å².